The maximum atomic E-state index is 10.3. The van der Waals surface area contributed by atoms with Crippen molar-refractivity contribution in [2.24, 2.45) is 0 Å². The van der Waals surface area contributed by atoms with Crippen molar-refractivity contribution in [3.8, 4) is 0 Å². The van der Waals surface area contributed by atoms with Gasteiger partial charge in [0.1, 0.15) is 0 Å². The zero-order valence-corrected chi connectivity index (χ0v) is 8.86. The predicted molar refractivity (Wildman–Crippen MR) is 31.4 cm³/mol. The molecule has 0 heterocycles. The molecule has 0 aliphatic carbocycles. The molecule has 0 unspecified atom stereocenters. The summed E-state index contributed by atoms with van der Waals surface area (Å²) in [4.78, 5) is 20.2. The molecule has 0 bridgehead atoms. The van der Waals surface area contributed by atoms with Gasteiger partial charge in [0.05, 0.1) is 0 Å². The molecule has 54 valence electrons. The van der Waals surface area contributed by atoms with Crippen LogP contribution in [0.1, 0.15) is 15.3 Å². The third-order valence-electron chi connectivity index (χ3n) is 0.757. The van der Waals surface area contributed by atoms with E-state index in [1.165, 1.54) is 0 Å². The minimum Gasteiger partial charge on any atom is -1.00 e. The van der Waals surface area contributed by atoms with Crippen molar-refractivity contribution in [1.82, 2.24) is 0 Å². The van der Waals surface area contributed by atoms with Crippen LogP contribution < -0.4 is 29.6 Å². The molecule has 0 radical (unpaired) electrons. The molecule has 0 aromatic heterocycles. The largest absolute Gasteiger partial charge is 1.00 e. The van der Waals surface area contributed by atoms with Gasteiger partial charge in [0.2, 0.25) is 0 Å². The van der Waals surface area contributed by atoms with Gasteiger partial charge in [0, 0.05) is 13.8 Å². The normalized spacial score (nSPS) is 9.80. The van der Waals surface area contributed by atoms with E-state index >= 15 is 0 Å². The van der Waals surface area contributed by atoms with Crippen LogP contribution in [0.2, 0.25) is 0 Å². The van der Waals surface area contributed by atoms with Crippen LogP contribution in [0.15, 0.2) is 0 Å². The summed E-state index contributed by atoms with van der Waals surface area (Å²) in [6.45, 7) is 1.69. The van der Waals surface area contributed by atoms with Crippen LogP contribution in [-0.4, -0.2) is 18.6 Å². The molecule has 0 fully saturated rings. The van der Waals surface area contributed by atoms with Crippen molar-refractivity contribution in [3.63, 3.8) is 0 Å². The zero-order chi connectivity index (χ0) is 7.65. The number of rotatable bonds is 0. The number of carbonyl (C=O) groups excluding carboxylic acids is 2. The molecule has 0 aliphatic rings. The van der Waals surface area contributed by atoms with E-state index in [4.69, 9.17) is 0 Å². The molecular formula is C4H7NaO4S. The van der Waals surface area contributed by atoms with Gasteiger partial charge in [-0.25, -0.2) is 8.42 Å². The number of carbonyl (C=O) groups is 2. The van der Waals surface area contributed by atoms with Crippen molar-refractivity contribution >= 4 is 20.1 Å². The van der Waals surface area contributed by atoms with Crippen LogP contribution in [-0.2, 0) is 19.4 Å². The van der Waals surface area contributed by atoms with Crippen molar-refractivity contribution < 1.29 is 49.0 Å². The van der Waals surface area contributed by atoms with Crippen LogP contribution in [0.4, 0.5) is 0 Å². The minimum absolute atomic E-state index is 0. The monoisotopic (exact) mass is 174 g/mol. The molecule has 6 heteroatoms. The molecule has 0 spiro atoms. The first-order valence-corrected chi connectivity index (χ1v) is 3.63. The molecule has 0 atom stereocenters. The number of hydrogen-bond acceptors (Lipinski definition) is 4. The van der Waals surface area contributed by atoms with Gasteiger partial charge in [-0.15, -0.1) is 0 Å². The van der Waals surface area contributed by atoms with E-state index in [1.54, 1.807) is 0 Å². The molecule has 0 saturated heterocycles. The molecule has 0 amide bonds. The summed E-state index contributed by atoms with van der Waals surface area (Å²) in [5, 5.41) is -2.20. The Labute approximate surface area is 82.7 Å². The van der Waals surface area contributed by atoms with Crippen molar-refractivity contribution in [1.29, 1.82) is 0 Å². The fourth-order valence-corrected chi connectivity index (χ4v) is 0.607. The van der Waals surface area contributed by atoms with Crippen molar-refractivity contribution in [2.75, 3.05) is 0 Å². The van der Waals surface area contributed by atoms with Crippen LogP contribution in [0.5, 0.6) is 0 Å². The first kappa shape index (κ1) is 12.9. The first-order valence-electron chi connectivity index (χ1n) is 2.15. The van der Waals surface area contributed by atoms with Crippen molar-refractivity contribution in [2.45, 2.75) is 13.8 Å². The summed E-state index contributed by atoms with van der Waals surface area (Å²) < 4.78 is 20.7. The van der Waals surface area contributed by atoms with Crippen LogP contribution >= 0.6 is 0 Å². The molecule has 10 heavy (non-hydrogen) atoms. The second-order valence-electron chi connectivity index (χ2n) is 1.49. The average molecular weight is 174 g/mol. The van der Waals surface area contributed by atoms with Gasteiger partial charge in [-0.05, 0) is 0 Å². The SMILES string of the molecule is CC(=O)S(=O)(=O)C(C)=O.[H-].[Na+]. The van der Waals surface area contributed by atoms with Crippen molar-refractivity contribution in [3.05, 3.63) is 0 Å². The molecule has 0 aromatic rings. The fourth-order valence-electron chi connectivity index (χ4n) is 0.202. The Morgan fingerprint density at radius 3 is 1.30 bits per heavy atom. The molecule has 4 nitrogen and oxygen atoms in total. The van der Waals surface area contributed by atoms with E-state index in [0.29, 0.717) is 0 Å². The maximum Gasteiger partial charge on any atom is 1.00 e. The van der Waals surface area contributed by atoms with E-state index in [2.05, 4.69) is 0 Å². The fraction of sp³-hybridized carbons (Fsp3) is 0.500. The molecule has 0 N–H and O–H groups in total. The van der Waals surface area contributed by atoms with Crippen LogP contribution in [0, 0.1) is 0 Å². The summed E-state index contributed by atoms with van der Waals surface area (Å²) in [6.07, 6.45) is 0. The Kier molecular flexibility index (Phi) is 5.46. The zero-order valence-electron chi connectivity index (χ0n) is 7.04. The Morgan fingerprint density at radius 2 is 1.30 bits per heavy atom. The average Bonchev–Trinajstić information content (AvgIpc) is 1.65. The first-order chi connectivity index (χ1) is 3.89. The Balaban J connectivity index is -0.000000320. The van der Waals surface area contributed by atoms with Crippen LogP contribution in [0.25, 0.3) is 0 Å². The Hall–Kier alpha value is 0.290. The van der Waals surface area contributed by atoms with Gasteiger partial charge in [0.15, 0.2) is 0 Å². The Bertz CT molecular complexity index is 225. The standard InChI is InChI=1S/C4H6O4S.Na.H/c1-3(5)9(7,8)4(2)6;;/h1-2H3;;/q;+1;-1. The quantitative estimate of drug-likeness (QED) is 0.359. The topological polar surface area (TPSA) is 68.3 Å². The third-order valence-corrected chi connectivity index (χ3v) is 2.27. The summed E-state index contributed by atoms with van der Waals surface area (Å²) in [6, 6.07) is 0. The van der Waals surface area contributed by atoms with E-state index in [0.717, 1.165) is 13.8 Å². The van der Waals surface area contributed by atoms with Gasteiger partial charge >= 0.3 is 29.6 Å². The van der Waals surface area contributed by atoms with E-state index < -0.39 is 20.1 Å². The van der Waals surface area contributed by atoms with Gasteiger partial charge in [-0.3, -0.25) is 9.59 Å². The summed E-state index contributed by atoms with van der Waals surface area (Å²) in [5.41, 5.74) is 0. The van der Waals surface area contributed by atoms with Gasteiger partial charge in [-0.2, -0.15) is 0 Å². The molecule has 0 aromatic carbocycles. The van der Waals surface area contributed by atoms with Gasteiger partial charge in [-0.1, -0.05) is 0 Å². The van der Waals surface area contributed by atoms with E-state index in [1.807, 2.05) is 0 Å². The van der Waals surface area contributed by atoms with Crippen LogP contribution in [0.3, 0.4) is 0 Å². The molecule has 0 aliphatic heterocycles. The molecule has 0 rings (SSSR count). The molecular weight excluding hydrogens is 167 g/mol. The number of sulfone groups is 1. The third kappa shape index (κ3) is 2.92. The molecule has 0 saturated carbocycles. The Morgan fingerprint density at radius 1 is 1.10 bits per heavy atom. The maximum absolute atomic E-state index is 10.3. The van der Waals surface area contributed by atoms with E-state index in [9.17, 15) is 18.0 Å². The number of hydrogen-bond donors (Lipinski definition) is 0. The second kappa shape index (κ2) is 4.23. The van der Waals surface area contributed by atoms with E-state index in [-0.39, 0.29) is 31.0 Å². The summed E-state index contributed by atoms with van der Waals surface area (Å²) in [7, 11) is -4.09. The van der Waals surface area contributed by atoms with Gasteiger partial charge < -0.3 is 1.43 Å². The predicted octanol–water partition coefficient (Wildman–Crippen LogP) is -3.39. The summed E-state index contributed by atoms with van der Waals surface area (Å²) >= 11 is 0. The summed E-state index contributed by atoms with van der Waals surface area (Å²) in [5.74, 6) is 0. The second-order valence-corrected chi connectivity index (χ2v) is 3.64. The minimum atomic E-state index is -4.09. The van der Waals surface area contributed by atoms with Gasteiger partial charge in [0.25, 0.3) is 20.1 Å². The smallest absolute Gasteiger partial charge is 1.00 e.